The van der Waals surface area contributed by atoms with Crippen LogP contribution < -0.4 is 0 Å². The fraction of sp³-hybridized carbons (Fsp3) is 0.385. The van der Waals surface area contributed by atoms with Crippen molar-refractivity contribution in [1.29, 1.82) is 0 Å². The molecule has 21 heavy (non-hydrogen) atoms. The Kier molecular flexibility index (Phi) is 4.67. The molecule has 2 rings (SSSR count). The van der Waals surface area contributed by atoms with Crippen molar-refractivity contribution in [2.45, 2.75) is 32.2 Å². The predicted molar refractivity (Wildman–Crippen MR) is 73.5 cm³/mol. The van der Waals surface area contributed by atoms with Gasteiger partial charge in [0.2, 0.25) is 0 Å². The molecule has 0 spiro atoms. The lowest BCUT2D eigenvalue weighted by Crippen LogP contribution is -2.12. The van der Waals surface area contributed by atoms with Crippen LogP contribution in [0.4, 0.5) is 13.2 Å². The minimum atomic E-state index is -4.46. The van der Waals surface area contributed by atoms with Crippen LogP contribution in [0.5, 0.6) is 0 Å². The van der Waals surface area contributed by atoms with Crippen molar-refractivity contribution in [2.75, 3.05) is 0 Å². The average molecular weight is 364 g/mol. The Hall–Kier alpha value is -1.41. The van der Waals surface area contributed by atoms with Crippen LogP contribution in [0.1, 0.15) is 36.3 Å². The van der Waals surface area contributed by atoms with Crippen LogP contribution in [-0.2, 0) is 12.7 Å². The van der Waals surface area contributed by atoms with Crippen molar-refractivity contribution in [3.63, 3.8) is 0 Å². The minimum absolute atomic E-state index is 0.129. The maximum Gasteiger partial charge on any atom is 0.416 e. The third-order valence-electron chi connectivity index (χ3n) is 2.98. The highest BCUT2D eigenvalue weighted by atomic mass is 79.9. The van der Waals surface area contributed by atoms with E-state index in [1.54, 1.807) is 0 Å². The first-order valence-corrected chi connectivity index (χ1v) is 7.07. The van der Waals surface area contributed by atoms with Crippen LogP contribution in [0, 0.1) is 0 Å². The number of alkyl halides is 3. The summed E-state index contributed by atoms with van der Waals surface area (Å²) in [4.78, 5) is 0. The number of aryl methyl sites for hydroxylation is 1. The molecule has 1 N–H and O–H groups in total. The van der Waals surface area contributed by atoms with Crippen molar-refractivity contribution in [1.82, 2.24) is 15.0 Å². The zero-order valence-corrected chi connectivity index (χ0v) is 12.7. The topological polar surface area (TPSA) is 50.9 Å². The molecule has 114 valence electrons. The normalized spacial score (nSPS) is 13.4. The molecule has 1 aromatic carbocycles. The molecule has 0 aliphatic heterocycles. The Morgan fingerprint density at radius 3 is 2.71 bits per heavy atom. The molecule has 0 saturated heterocycles. The summed E-state index contributed by atoms with van der Waals surface area (Å²) in [5.41, 5.74) is -0.324. The Morgan fingerprint density at radius 1 is 1.38 bits per heavy atom. The van der Waals surface area contributed by atoms with Crippen LogP contribution in [0.2, 0.25) is 0 Å². The molecule has 1 atom stereocenters. The second-order valence-electron chi connectivity index (χ2n) is 4.52. The van der Waals surface area contributed by atoms with E-state index in [-0.39, 0.29) is 5.56 Å². The average Bonchev–Trinajstić information content (AvgIpc) is 2.86. The van der Waals surface area contributed by atoms with Gasteiger partial charge in [0.15, 0.2) is 0 Å². The first-order valence-electron chi connectivity index (χ1n) is 6.27. The van der Waals surface area contributed by atoms with Gasteiger partial charge in [0.1, 0.15) is 6.10 Å². The van der Waals surface area contributed by atoms with Crippen LogP contribution in [0.25, 0.3) is 0 Å². The molecule has 0 amide bonds. The van der Waals surface area contributed by atoms with E-state index in [2.05, 4.69) is 26.2 Å². The predicted octanol–water partition coefficient (Wildman–Crippen LogP) is 3.55. The third-order valence-corrected chi connectivity index (χ3v) is 3.70. The van der Waals surface area contributed by atoms with Crippen molar-refractivity contribution in [3.05, 3.63) is 45.7 Å². The maximum absolute atomic E-state index is 12.8. The highest BCUT2D eigenvalue weighted by Crippen LogP contribution is 2.35. The summed E-state index contributed by atoms with van der Waals surface area (Å²) in [7, 11) is 0. The minimum Gasteiger partial charge on any atom is -0.382 e. The van der Waals surface area contributed by atoms with Crippen LogP contribution in [0.3, 0.4) is 0 Å². The monoisotopic (exact) mass is 363 g/mol. The van der Waals surface area contributed by atoms with Crippen molar-refractivity contribution in [3.8, 4) is 0 Å². The summed E-state index contributed by atoms with van der Waals surface area (Å²) >= 11 is 3.17. The van der Waals surface area contributed by atoms with Gasteiger partial charge in [0, 0.05) is 16.6 Å². The maximum atomic E-state index is 12.8. The number of benzene rings is 1. The van der Waals surface area contributed by atoms with Gasteiger partial charge in [-0.3, -0.25) is 0 Å². The molecular formula is C13H13BrF3N3O. The fourth-order valence-corrected chi connectivity index (χ4v) is 2.42. The van der Waals surface area contributed by atoms with Gasteiger partial charge in [0.05, 0.1) is 17.5 Å². The molecule has 1 heterocycles. The summed E-state index contributed by atoms with van der Waals surface area (Å²) in [6.45, 7) is 2.46. The van der Waals surface area contributed by atoms with Gasteiger partial charge >= 0.3 is 6.18 Å². The Labute approximate surface area is 127 Å². The molecular weight excluding hydrogens is 351 g/mol. The number of aliphatic hydroxyl groups excluding tert-OH is 1. The van der Waals surface area contributed by atoms with Crippen LogP contribution >= 0.6 is 15.9 Å². The lowest BCUT2D eigenvalue weighted by molar-refractivity contribution is -0.137. The SMILES string of the molecule is CCCn1nncc1C(O)c1cc(C(F)(F)F)ccc1Br. The molecule has 0 aliphatic carbocycles. The lowest BCUT2D eigenvalue weighted by Gasteiger charge is -2.16. The van der Waals surface area contributed by atoms with E-state index in [1.165, 1.54) is 16.9 Å². The molecule has 0 fully saturated rings. The smallest absolute Gasteiger partial charge is 0.382 e. The number of nitrogens with zero attached hydrogens (tertiary/aromatic N) is 3. The summed E-state index contributed by atoms with van der Waals surface area (Å²) in [6.07, 6.45) is -3.57. The molecule has 0 saturated carbocycles. The number of hydrogen-bond donors (Lipinski definition) is 1. The second-order valence-corrected chi connectivity index (χ2v) is 5.37. The van der Waals surface area contributed by atoms with E-state index in [0.717, 1.165) is 18.6 Å². The largest absolute Gasteiger partial charge is 0.416 e. The van der Waals surface area contributed by atoms with Crippen LogP contribution in [-0.4, -0.2) is 20.1 Å². The molecule has 1 aromatic heterocycles. The summed E-state index contributed by atoms with van der Waals surface area (Å²) < 4.78 is 40.2. The first-order chi connectivity index (χ1) is 9.84. The molecule has 8 heteroatoms. The zero-order valence-electron chi connectivity index (χ0n) is 11.1. The van der Waals surface area contributed by atoms with E-state index >= 15 is 0 Å². The second kappa shape index (κ2) is 6.15. The fourth-order valence-electron chi connectivity index (χ4n) is 1.95. The highest BCUT2D eigenvalue weighted by molar-refractivity contribution is 9.10. The molecule has 0 bridgehead atoms. The number of halogens is 4. The molecule has 0 radical (unpaired) electrons. The quantitative estimate of drug-likeness (QED) is 0.903. The van der Waals surface area contributed by atoms with Crippen molar-refractivity contribution >= 4 is 15.9 Å². The van der Waals surface area contributed by atoms with Gasteiger partial charge in [-0.2, -0.15) is 13.2 Å². The van der Waals surface area contributed by atoms with Gasteiger partial charge in [-0.05, 0) is 24.6 Å². The van der Waals surface area contributed by atoms with Gasteiger partial charge in [-0.25, -0.2) is 4.68 Å². The number of hydrogen-bond acceptors (Lipinski definition) is 3. The summed E-state index contributed by atoms with van der Waals surface area (Å²) in [5, 5.41) is 17.9. The molecule has 1 unspecified atom stereocenters. The lowest BCUT2D eigenvalue weighted by atomic mass is 10.0. The Bertz CT molecular complexity index is 627. The highest BCUT2D eigenvalue weighted by Gasteiger charge is 2.32. The van der Waals surface area contributed by atoms with E-state index in [4.69, 9.17) is 0 Å². The first kappa shape index (κ1) is 16.0. The molecule has 2 aromatic rings. The summed E-state index contributed by atoms with van der Waals surface area (Å²) in [5.74, 6) is 0. The van der Waals surface area contributed by atoms with Gasteiger partial charge in [-0.15, -0.1) is 5.10 Å². The Morgan fingerprint density at radius 2 is 2.10 bits per heavy atom. The molecule has 0 aliphatic rings. The van der Waals surface area contributed by atoms with Crippen molar-refractivity contribution < 1.29 is 18.3 Å². The van der Waals surface area contributed by atoms with Gasteiger partial charge in [0.25, 0.3) is 0 Å². The Balaban J connectivity index is 2.43. The standard InChI is InChI=1S/C13H13BrF3N3O/c1-2-5-20-11(7-18-19-20)12(21)9-6-8(13(15,16)17)3-4-10(9)14/h3-4,6-7,12,21H,2,5H2,1H3. The zero-order chi connectivity index (χ0) is 15.6. The van der Waals surface area contributed by atoms with E-state index < -0.39 is 17.8 Å². The molecule has 4 nitrogen and oxygen atoms in total. The van der Waals surface area contributed by atoms with Gasteiger partial charge in [-0.1, -0.05) is 28.1 Å². The van der Waals surface area contributed by atoms with Gasteiger partial charge < -0.3 is 5.11 Å². The van der Waals surface area contributed by atoms with E-state index in [0.29, 0.717) is 16.7 Å². The number of rotatable bonds is 4. The van der Waals surface area contributed by atoms with E-state index in [9.17, 15) is 18.3 Å². The summed E-state index contributed by atoms with van der Waals surface area (Å²) in [6, 6.07) is 3.16. The van der Waals surface area contributed by atoms with Crippen molar-refractivity contribution in [2.24, 2.45) is 0 Å². The van der Waals surface area contributed by atoms with Crippen LogP contribution in [0.15, 0.2) is 28.9 Å². The number of aromatic nitrogens is 3. The third kappa shape index (κ3) is 3.44. The van der Waals surface area contributed by atoms with E-state index in [1.807, 2.05) is 6.92 Å². The number of aliphatic hydroxyl groups is 1.